The van der Waals surface area contributed by atoms with Crippen molar-refractivity contribution in [2.45, 2.75) is 104 Å². The zero-order chi connectivity index (χ0) is 41.4. The van der Waals surface area contributed by atoms with Crippen LogP contribution in [0.25, 0.3) is 53.7 Å². The van der Waals surface area contributed by atoms with Gasteiger partial charge in [0.15, 0.2) is 0 Å². The Morgan fingerprint density at radius 3 is 0.864 bits per heavy atom. The quantitative estimate of drug-likeness (QED) is 0.0776. The van der Waals surface area contributed by atoms with Crippen molar-refractivity contribution < 1.29 is 0 Å². The largest absolute Gasteiger partial charge is 0.656 e. The molecule has 298 valence electrons. The van der Waals surface area contributed by atoms with Crippen molar-refractivity contribution in [2.24, 2.45) is 0 Å². The number of unbranched alkanes of at least 4 members (excludes halogenated alkanes) is 5. The van der Waals surface area contributed by atoms with Crippen molar-refractivity contribution in [1.29, 1.82) is 0 Å². The third-order valence-corrected chi connectivity index (χ3v) is 11.9. The summed E-state index contributed by atoms with van der Waals surface area (Å²) in [6, 6.07) is 51.9. The first-order chi connectivity index (χ1) is 29.0. The van der Waals surface area contributed by atoms with E-state index < -0.39 is 0 Å². The summed E-state index contributed by atoms with van der Waals surface area (Å²) in [5, 5.41) is 21.7. The van der Waals surface area contributed by atoms with Crippen LogP contribution >= 0.6 is 0 Å². The maximum Gasteiger partial charge on any atom is -0.0196 e. The van der Waals surface area contributed by atoms with Gasteiger partial charge < -0.3 is 10.6 Å². The van der Waals surface area contributed by atoms with Crippen LogP contribution in [0.2, 0.25) is 5.28 Å². The first-order valence-corrected chi connectivity index (χ1v) is 23.0. The number of hydrogen-bond acceptors (Lipinski definition) is 0. The smallest absolute Gasteiger partial charge is 0.0196 e. The van der Waals surface area contributed by atoms with Crippen LogP contribution in [-0.2, 0) is 25.7 Å². The van der Waals surface area contributed by atoms with Gasteiger partial charge in [-0.1, -0.05) is 196 Å². The summed E-state index contributed by atoms with van der Waals surface area (Å²) < 4.78 is 0. The summed E-state index contributed by atoms with van der Waals surface area (Å²) in [5.41, 5.74) is 9.67. The van der Waals surface area contributed by atoms with E-state index in [1.807, 2.05) is 0 Å². The minimum absolute atomic E-state index is 0.982. The fourth-order valence-electron chi connectivity index (χ4n) is 8.02. The Kier molecular flexibility index (Phi) is 16.5. The number of nitrogens with zero attached hydrogens (tertiary/aromatic N) is 2. The molecule has 0 bridgehead atoms. The summed E-state index contributed by atoms with van der Waals surface area (Å²) >= 11 is 2.78. The Bertz CT molecular complexity index is 2220. The van der Waals surface area contributed by atoms with E-state index in [-0.39, 0.29) is 0 Å². The first kappa shape index (κ1) is 43.5. The first-order valence-electron chi connectivity index (χ1n) is 22.2. The third kappa shape index (κ3) is 10.8. The SMILES string of the molecule is CCCCCCC[CH2][Al+2].CCc1ccc2ccccc2c1[N-]c1c(CC)ccc2ccccc12.CCc1ccc2ccccc2c1[N-]c1c(CC)ccc2ccccc12. The van der Waals surface area contributed by atoms with Crippen LogP contribution in [0.5, 0.6) is 0 Å². The second-order valence-electron chi connectivity index (χ2n) is 15.4. The predicted octanol–water partition coefficient (Wildman–Crippen LogP) is 17.8. The molecule has 0 N–H and O–H groups in total. The van der Waals surface area contributed by atoms with Crippen molar-refractivity contribution in [2.75, 3.05) is 0 Å². The van der Waals surface area contributed by atoms with Gasteiger partial charge in [-0.3, -0.25) is 0 Å². The zero-order valence-corrected chi connectivity index (χ0v) is 37.3. The Hall–Kier alpha value is -5.07. The van der Waals surface area contributed by atoms with Gasteiger partial charge in [-0.2, -0.15) is 0 Å². The summed E-state index contributed by atoms with van der Waals surface area (Å²) in [6.45, 7) is 11.1. The molecule has 0 radical (unpaired) electrons. The fraction of sp³-hybridized carbons (Fsp3) is 0.286. The van der Waals surface area contributed by atoms with Gasteiger partial charge in [-0.25, -0.2) is 0 Å². The summed E-state index contributed by atoms with van der Waals surface area (Å²) in [5.74, 6) is 0. The molecule has 0 amide bonds. The molecule has 0 aliphatic carbocycles. The van der Waals surface area contributed by atoms with Crippen LogP contribution in [0.1, 0.15) is 95.4 Å². The van der Waals surface area contributed by atoms with E-state index in [2.05, 4.69) is 197 Å². The van der Waals surface area contributed by atoms with Gasteiger partial charge in [0.1, 0.15) is 0 Å². The molecule has 0 saturated carbocycles. The molecule has 0 aromatic heterocycles. The standard InChI is InChI=1S/2C24H22N.C8H17.Al/c2*1-3-17-13-15-19-9-5-7-11-21(19)23(17)25-24-18(4-2)14-16-20-10-6-8-12-22(20)24;1-3-5-7-8-6-4-2;/h2*5-16H,3-4H2,1-2H3;1,3-8H2,2H3;/q2*-1;;+2. The van der Waals surface area contributed by atoms with Crippen LogP contribution in [-0.4, -0.2) is 16.3 Å². The molecule has 8 rings (SSSR count). The normalized spacial score (nSPS) is 11.0. The van der Waals surface area contributed by atoms with E-state index in [0.717, 1.165) is 48.4 Å². The third-order valence-electron chi connectivity index (χ3n) is 11.5. The zero-order valence-electron chi connectivity index (χ0n) is 36.1. The molecule has 0 atom stereocenters. The maximum atomic E-state index is 5.24. The number of fused-ring (bicyclic) bond motifs is 4. The molecule has 8 aromatic rings. The molecule has 8 aromatic carbocycles. The number of aryl methyl sites for hydroxylation is 4. The minimum Gasteiger partial charge on any atom is -0.656 e. The van der Waals surface area contributed by atoms with Crippen molar-refractivity contribution in [3.63, 3.8) is 0 Å². The fourth-order valence-corrected chi connectivity index (χ4v) is 8.31. The van der Waals surface area contributed by atoms with Gasteiger partial charge >= 0.3 is 67.0 Å². The van der Waals surface area contributed by atoms with Crippen LogP contribution in [0.15, 0.2) is 146 Å². The molecule has 0 heterocycles. The van der Waals surface area contributed by atoms with Gasteiger partial charge in [0, 0.05) is 0 Å². The topological polar surface area (TPSA) is 28.2 Å². The Morgan fingerprint density at radius 1 is 0.322 bits per heavy atom. The van der Waals surface area contributed by atoms with E-state index in [9.17, 15) is 0 Å². The van der Waals surface area contributed by atoms with Crippen LogP contribution in [0.3, 0.4) is 0 Å². The average Bonchev–Trinajstić information content (AvgIpc) is 3.29. The monoisotopic (exact) mass is 788 g/mol. The van der Waals surface area contributed by atoms with Crippen molar-refractivity contribution in [3.05, 3.63) is 178 Å². The van der Waals surface area contributed by atoms with Gasteiger partial charge in [0.05, 0.1) is 0 Å². The van der Waals surface area contributed by atoms with Crippen LogP contribution in [0.4, 0.5) is 22.7 Å². The van der Waals surface area contributed by atoms with Crippen molar-refractivity contribution in [1.82, 2.24) is 0 Å². The van der Waals surface area contributed by atoms with Gasteiger partial charge in [0.25, 0.3) is 0 Å². The molecule has 2 nitrogen and oxygen atoms in total. The minimum atomic E-state index is 0.982. The Balaban J connectivity index is 0.000000165. The number of benzene rings is 8. The van der Waals surface area contributed by atoms with Gasteiger partial charge in [0.2, 0.25) is 0 Å². The van der Waals surface area contributed by atoms with Crippen LogP contribution < -0.4 is 0 Å². The number of rotatable bonds is 14. The van der Waals surface area contributed by atoms with E-state index in [4.69, 9.17) is 10.6 Å². The second kappa shape index (κ2) is 22.3. The molecular formula is C56H61AlN2. The molecular weight excluding hydrogens is 728 g/mol. The Morgan fingerprint density at radius 2 is 0.593 bits per heavy atom. The van der Waals surface area contributed by atoms with Crippen molar-refractivity contribution >= 4 is 82.1 Å². The van der Waals surface area contributed by atoms with E-state index in [1.54, 1.807) is 0 Å². The van der Waals surface area contributed by atoms with E-state index >= 15 is 0 Å². The molecule has 0 aliphatic rings. The Labute approximate surface area is 362 Å². The molecule has 0 unspecified atom stereocenters. The van der Waals surface area contributed by atoms with Crippen LogP contribution in [0, 0.1) is 0 Å². The molecule has 0 saturated heterocycles. The van der Waals surface area contributed by atoms with E-state index in [1.165, 1.54) is 109 Å². The predicted molar refractivity (Wildman–Crippen MR) is 263 cm³/mol. The summed E-state index contributed by atoms with van der Waals surface area (Å²) in [6.07, 6.45) is 12.4. The molecule has 0 spiro atoms. The van der Waals surface area contributed by atoms with E-state index in [0.29, 0.717) is 0 Å². The molecule has 59 heavy (non-hydrogen) atoms. The number of hydrogen-bond donors (Lipinski definition) is 0. The summed E-state index contributed by atoms with van der Waals surface area (Å²) in [7, 11) is 0. The van der Waals surface area contributed by atoms with Gasteiger partial charge in [-0.15, -0.1) is 22.7 Å². The molecule has 0 aliphatic heterocycles. The second-order valence-corrected chi connectivity index (χ2v) is 15.9. The molecule has 3 heteroatoms. The average molecular weight is 789 g/mol. The van der Waals surface area contributed by atoms with Crippen molar-refractivity contribution in [3.8, 4) is 0 Å². The maximum absolute atomic E-state index is 5.24. The van der Waals surface area contributed by atoms with Gasteiger partial charge in [-0.05, 0) is 68.8 Å². The molecule has 0 fully saturated rings. The summed E-state index contributed by atoms with van der Waals surface area (Å²) in [4.78, 5) is 0.